The number of carbonyl (C=O) groups excluding carboxylic acids is 1. The van der Waals surface area contributed by atoms with Gasteiger partial charge in [0.2, 0.25) is 0 Å². The molecule has 0 aromatic carbocycles. The van der Waals surface area contributed by atoms with Gasteiger partial charge in [0.25, 0.3) is 0 Å². The van der Waals surface area contributed by atoms with Crippen molar-refractivity contribution in [1.82, 2.24) is 0 Å². The van der Waals surface area contributed by atoms with Crippen molar-refractivity contribution in [1.29, 1.82) is 0 Å². The van der Waals surface area contributed by atoms with Crippen molar-refractivity contribution >= 4 is 6.29 Å². The van der Waals surface area contributed by atoms with Gasteiger partial charge in [0.1, 0.15) is 6.29 Å². The lowest BCUT2D eigenvalue weighted by Crippen LogP contribution is -2.40. The molecule has 0 aromatic heterocycles. The summed E-state index contributed by atoms with van der Waals surface area (Å²) in [5, 5.41) is 0. The van der Waals surface area contributed by atoms with Crippen LogP contribution in [0.3, 0.4) is 0 Å². The van der Waals surface area contributed by atoms with Gasteiger partial charge >= 0.3 is 0 Å². The van der Waals surface area contributed by atoms with Gasteiger partial charge in [-0.05, 0) is 24.2 Å². The van der Waals surface area contributed by atoms with Crippen molar-refractivity contribution in [2.45, 2.75) is 66.2 Å². The summed E-state index contributed by atoms with van der Waals surface area (Å²) in [6.07, 6.45) is 9.24. The van der Waals surface area contributed by atoms with Crippen LogP contribution in [0, 0.1) is 16.7 Å². The molecule has 0 bridgehead atoms. The average molecular weight is 210 g/mol. The molecule has 0 aromatic rings. The van der Waals surface area contributed by atoms with Gasteiger partial charge in [0.15, 0.2) is 0 Å². The summed E-state index contributed by atoms with van der Waals surface area (Å²) >= 11 is 0. The zero-order valence-electron chi connectivity index (χ0n) is 10.8. The molecule has 0 N–H and O–H groups in total. The van der Waals surface area contributed by atoms with Gasteiger partial charge in [-0.2, -0.15) is 0 Å². The van der Waals surface area contributed by atoms with E-state index in [0.717, 1.165) is 12.2 Å². The summed E-state index contributed by atoms with van der Waals surface area (Å²) < 4.78 is 0. The minimum absolute atomic E-state index is 0.138. The normalized spacial score (nSPS) is 21.1. The minimum atomic E-state index is -0.192. The van der Waals surface area contributed by atoms with Crippen molar-refractivity contribution in [2.24, 2.45) is 16.7 Å². The molecule has 1 aliphatic carbocycles. The van der Waals surface area contributed by atoms with Crippen molar-refractivity contribution in [2.75, 3.05) is 0 Å². The first-order valence-electron chi connectivity index (χ1n) is 6.38. The molecule has 1 aliphatic rings. The highest BCUT2D eigenvalue weighted by molar-refractivity contribution is 5.59. The molecule has 0 amide bonds. The summed E-state index contributed by atoms with van der Waals surface area (Å²) in [6, 6.07) is 0. The largest absolute Gasteiger partial charge is 0.303 e. The van der Waals surface area contributed by atoms with Crippen LogP contribution in [0.15, 0.2) is 0 Å². The highest BCUT2D eigenvalue weighted by atomic mass is 16.1. The van der Waals surface area contributed by atoms with Gasteiger partial charge in [0.05, 0.1) is 0 Å². The maximum absolute atomic E-state index is 11.2. The van der Waals surface area contributed by atoms with Gasteiger partial charge in [0, 0.05) is 5.41 Å². The lowest BCUT2D eigenvalue weighted by atomic mass is 9.60. The number of aldehydes is 1. The van der Waals surface area contributed by atoms with E-state index in [9.17, 15) is 4.79 Å². The number of hydrogen-bond acceptors (Lipinski definition) is 1. The van der Waals surface area contributed by atoms with Crippen LogP contribution in [0.25, 0.3) is 0 Å². The first-order chi connectivity index (χ1) is 6.92. The van der Waals surface area contributed by atoms with E-state index in [1.165, 1.54) is 38.5 Å². The molecular weight excluding hydrogens is 184 g/mol. The zero-order valence-corrected chi connectivity index (χ0v) is 10.8. The number of hydrogen-bond donors (Lipinski definition) is 0. The predicted octanol–water partition coefficient (Wildman–Crippen LogP) is 4.21. The Bertz CT molecular complexity index is 207. The molecule has 1 nitrogen and oxygen atoms in total. The topological polar surface area (TPSA) is 17.1 Å². The molecule has 1 fully saturated rings. The van der Waals surface area contributed by atoms with Crippen LogP contribution < -0.4 is 0 Å². The molecule has 15 heavy (non-hydrogen) atoms. The van der Waals surface area contributed by atoms with Crippen LogP contribution in [-0.4, -0.2) is 6.29 Å². The Morgan fingerprint density at radius 2 is 1.40 bits per heavy atom. The maximum Gasteiger partial charge on any atom is 0.126 e. The van der Waals surface area contributed by atoms with Crippen LogP contribution in [0.4, 0.5) is 0 Å². The van der Waals surface area contributed by atoms with Gasteiger partial charge in [-0.15, -0.1) is 0 Å². The third-order valence-corrected chi connectivity index (χ3v) is 4.83. The standard InChI is InChI=1S/C14H26O/c1-13(2,11-15)14(3,4)12-9-7-5-6-8-10-12/h11-12H,5-10H2,1-4H3. The Morgan fingerprint density at radius 3 is 1.80 bits per heavy atom. The van der Waals surface area contributed by atoms with Gasteiger partial charge in [-0.25, -0.2) is 0 Å². The zero-order chi connectivity index (χ0) is 11.5. The Balaban J connectivity index is 2.78. The third kappa shape index (κ3) is 2.62. The van der Waals surface area contributed by atoms with Gasteiger partial charge in [-0.3, -0.25) is 0 Å². The fraction of sp³-hybridized carbons (Fsp3) is 0.929. The summed E-state index contributed by atoms with van der Waals surface area (Å²) in [5.74, 6) is 0.722. The first-order valence-corrected chi connectivity index (χ1v) is 6.38. The highest BCUT2D eigenvalue weighted by Crippen LogP contribution is 2.47. The van der Waals surface area contributed by atoms with Crippen molar-refractivity contribution in [3.63, 3.8) is 0 Å². The molecule has 0 saturated heterocycles. The van der Waals surface area contributed by atoms with E-state index in [1.54, 1.807) is 0 Å². The van der Waals surface area contributed by atoms with Gasteiger partial charge in [-0.1, -0.05) is 53.4 Å². The summed E-state index contributed by atoms with van der Waals surface area (Å²) in [4.78, 5) is 11.2. The first kappa shape index (κ1) is 12.7. The molecule has 0 radical (unpaired) electrons. The van der Waals surface area contributed by atoms with E-state index >= 15 is 0 Å². The maximum atomic E-state index is 11.2. The van der Waals surface area contributed by atoms with E-state index in [-0.39, 0.29) is 10.8 Å². The van der Waals surface area contributed by atoms with E-state index in [0.29, 0.717) is 0 Å². The van der Waals surface area contributed by atoms with E-state index < -0.39 is 0 Å². The molecule has 1 saturated carbocycles. The molecule has 0 aliphatic heterocycles. The molecule has 0 spiro atoms. The van der Waals surface area contributed by atoms with Gasteiger partial charge < -0.3 is 4.79 Å². The number of rotatable bonds is 3. The second kappa shape index (κ2) is 4.67. The highest BCUT2D eigenvalue weighted by Gasteiger charge is 2.42. The van der Waals surface area contributed by atoms with Crippen LogP contribution in [-0.2, 0) is 4.79 Å². The Morgan fingerprint density at radius 1 is 0.933 bits per heavy atom. The van der Waals surface area contributed by atoms with Crippen molar-refractivity contribution < 1.29 is 4.79 Å². The molecule has 0 heterocycles. The minimum Gasteiger partial charge on any atom is -0.303 e. The summed E-state index contributed by atoms with van der Waals surface area (Å²) in [7, 11) is 0. The molecule has 0 atom stereocenters. The molecular formula is C14H26O. The quantitative estimate of drug-likeness (QED) is 0.504. The Kier molecular flexibility index (Phi) is 3.97. The smallest absolute Gasteiger partial charge is 0.126 e. The van der Waals surface area contributed by atoms with E-state index in [1.807, 2.05) is 0 Å². The van der Waals surface area contributed by atoms with Crippen molar-refractivity contribution in [3.8, 4) is 0 Å². The summed E-state index contributed by atoms with van der Waals surface area (Å²) in [6.45, 7) is 8.73. The monoisotopic (exact) mass is 210 g/mol. The summed E-state index contributed by atoms with van der Waals surface area (Å²) in [5.41, 5.74) is -0.0545. The predicted molar refractivity (Wildman–Crippen MR) is 64.8 cm³/mol. The Labute approximate surface area is 94.6 Å². The lowest BCUT2D eigenvalue weighted by molar-refractivity contribution is -0.122. The van der Waals surface area contributed by atoms with E-state index in [4.69, 9.17) is 0 Å². The average Bonchev–Trinajstić information content (AvgIpc) is 2.45. The number of carbonyl (C=O) groups is 1. The lowest BCUT2D eigenvalue weighted by Gasteiger charge is -2.44. The fourth-order valence-corrected chi connectivity index (χ4v) is 2.68. The second-order valence-electron chi connectivity index (χ2n) is 6.25. The van der Waals surface area contributed by atoms with Crippen molar-refractivity contribution in [3.05, 3.63) is 0 Å². The molecule has 1 rings (SSSR count). The second-order valence-corrected chi connectivity index (χ2v) is 6.25. The Hall–Kier alpha value is -0.330. The third-order valence-electron chi connectivity index (χ3n) is 4.83. The SMILES string of the molecule is CC(C)(C=O)C(C)(C)C1CCCCCC1. The molecule has 1 heteroatoms. The molecule has 0 unspecified atom stereocenters. The van der Waals surface area contributed by atoms with Crippen LogP contribution in [0.2, 0.25) is 0 Å². The van der Waals surface area contributed by atoms with E-state index in [2.05, 4.69) is 27.7 Å². The van der Waals surface area contributed by atoms with Crippen LogP contribution in [0.1, 0.15) is 66.2 Å². The van der Waals surface area contributed by atoms with Crippen LogP contribution >= 0.6 is 0 Å². The fourth-order valence-electron chi connectivity index (χ4n) is 2.68. The van der Waals surface area contributed by atoms with Crippen LogP contribution in [0.5, 0.6) is 0 Å². The molecule has 88 valence electrons.